The third-order valence-electron chi connectivity index (χ3n) is 1.21. The van der Waals surface area contributed by atoms with Gasteiger partial charge in [-0.15, -0.1) is 6.58 Å². The van der Waals surface area contributed by atoms with Gasteiger partial charge >= 0.3 is 0 Å². The molecule has 0 saturated carbocycles. The van der Waals surface area contributed by atoms with E-state index in [-0.39, 0.29) is 5.92 Å². The zero-order valence-corrected chi connectivity index (χ0v) is 7.79. The van der Waals surface area contributed by atoms with E-state index in [2.05, 4.69) is 6.58 Å². The fourth-order valence-corrected chi connectivity index (χ4v) is 1.02. The van der Waals surface area contributed by atoms with Gasteiger partial charge in [0.1, 0.15) is 6.10 Å². The molecular weight excluding hydrogens is 194 g/mol. The molecule has 4 heteroatoms. The second kappa shape index (κ2) is 3.82. The Morgan fingerprint density at radius 3 is 2.00 bits per heavy atom. The zero-order valence-electron chi connectivity index (χ0n) is 5.52. The Morgan fingerprint density at radius 1 is 1.50 bits per heavy atom. The lowest BCUT2D eigenvalue weighted by Gasteiger charge is -2.22. The predicted molar refractivity (Wildman–Crippen MR) is 45.7 cm³/mol. The summed E-state index contributed by atoms with van der Waals surface area (Å²) < 4.78 is -1.62. The molecule has 1 N–H and O–H groups in total. The first-order chi connectivity index (χ1) is 4.39. The normalized spacial score (nSPS) is 18.1. The van der Waals surface area contributed by atoms with Crippen LogP contribution >= 0.6 is 34.8 Å². The molecule has 60 valence electrons. The van der Waals surface area contributed by atoms with E-state index < -0.39 is 9.90 Å². The Labute approximate surface area is 75.6 Å². The lowest BCUT2D eigenvalue weighted by molar-refractivity contribution is 0.142. The molecule has 0 aliphatic rings. The molecule has 0 aromatic heterocycles. The summed E-state index contributed by atoms with van der Waals surface area (Å²) >= 11 is 16.2. The highest BCUT2D eigenvalue weighted by Crippen LogP contribution is 2.33. The number of alkyl halides is 3. The second-order valence-electron chi connectivity index (χ2n) is 2.08. The molecule has 0 bridgehead atoms. The minimum Gasteiger partial charge on any atom is -0.388 e. The van der Waals surface area contributed by atoms with Gasteiger partial charge in [0.25, 0.3) is 0 Å². The van der Waals surface area contributed by atoms with Gasteiger partial charge in [-0.2, -0.15) is 0 Å². The zero-order chi connectivity index (χ0) is 8.36. The highest BCUT2D eigenvalue weighted by molar-refractivity contribution is 6.68. The number of rotatable bonds is 2. The molecule has 10 heavy (non-hydrogen) atoms. The average Bonchev–Trinajstić information content (AvgIpc) is 1.83. The maximum absolute atomic E-state index is 9.19. The van der Waals surface area contributed by atoms with E-state index in [1.54, 1.807) is 6.92 Å². The van der Waals surface area contributed by atoms with Crippen LogP contribution < -0.4 is 0 Å². The van der Waals surface area contributed by atoms with Gasteiger partial charge in [-0.25, -0.2) is 0 Å². The van der Waals surface area contributed by atoms with Gasteiger partial charge in [0.15, 0.2) is 0 Å². The first-order valence-corrected chi connectivity index (χ1v) is 3.90. The third kappa shape index (κ3) is 3.11. The third-order valence-corrected chi connectivity index (χ3v) is 1.88. The van der Waals surface area contributed by atoms with Gasteiger partial charge in [-0.05, 0) is 0 Å². The number of hydrogen-bond donors (Lipinski definition) is 1. The predicted octanol–water partition coefficient (Wildman–Crippen LogP) is 2.54. The van der Waals surface area contributed by atoms with E-state index in [9.17, 15) is 5.11 Å². The molecule has 0 rings (SSSR count). The van der Waals surface area contributed by atoms with E-state index in [0.717, 1.165) is 0 Å². The summed E-state index contributed by atoms with van der Waals surface area (Å²) in [5, 5.41) is 9.19. The largest absolute Gasteiger partial charge is 0.388 e. The van der Waals surface area contributed by atoms with Crippen LogP contribution in [0, 0.1) is 5.92 Å². The van der Waals surface area contributed by atoms with Gasteiger partial charge in [0.2, 0.25) is 3.79 Å². The van der Waals surface area contributed by atoms with Crippen LogP contribution in [0.3, 0.4) is 0 Å². The summed E-state index contributed by atoms with van der Waals surface area (Å²) in [6, 6.07) is 0. The Balaban J connectivity index is 4.07. The van der Waals surface area contributed by atoms with Crippen molar-refractivity contribution < 1.29 is 5.11 Å². The van der Waals surface area contributed by atoms with Crippen LogP contribution in [0.25, 0.3) is 0 Å². The van der Waals surface area contributed by atoms with Crippen LogP contribution in [-0.2, 0) is 0 Å². The first-order valence-electron chi connectivity index (χ1n) is 2.77. The molecule has 0 spiro atoms. The maximum Gasteiger partial charge on any atom is 0.216 e. The van der Waals surface area contributed by atoms with Crippen molar-refractivity contribution in [3.05, 3.63) is 12.7 Å². The summed E-state index contributed by atoms with van der Waals surface area (Å²) in [6.07, 6.45) is 0.544. The van der Waals surface area contributed by atoms with E-state index in [0.29, 0.717) is 0 Å². The first kappa shape index (κ1) is 10.6. The number of aliphatic hydroxyl groups excluding tert-OH is 1. The Kier molecular flexibility index (Phi) is 4.03. The summed E-state index contributed by atoms with van der Waals surface area (Å²) in [7, 11) is 0. The van der Waals surface area contributed by atoms with Crippen molar-refractivity contribution in [1.82, 2.24) is 0 Å². The molecule has 1 nitrogen and oxygen atoms in total. The van der Waals surface area contributed by atoms with E-state index in [4.69, 9.17) is 34.8 Å². The molecule has 0 amide bonds. The molecule has 0 aromatic rings. The monoisotopic (exact) mass is 202 g/mol. The van der Waals surface area contributed by atoms with E-state index in [1.807, 2.05) is 0 Å². The van der Waals surface area contributed by atoms with Gasteiger partial charge < -0.3 is 5.11 Å². The van der Waals surface area contributed by atoms with Crippen molar-refractivity contribution in [3.63, 3.8) is 0 Å². The number of halogens is 3. The van der Waals surface area contributed by atoms with Crippen LogP contribution in [0.4, 0.5) is 0 Å². The van der Waals surface area contributed by atoms with Crippen LogP contribution in [0.5, 0.6) is 0 Å². The Hall–Kier alpha value is 0.570. The summed E-state index contributed by atoms with van der Waals surface area (Å²) in [5.74, 6) is -0.215. The maximum atomic E-state index is 9.19. The molecule has 0 unspecified atom stereocenters. The van der Waals surface area contributed by atoms with Crippen LogP contribution in [0.2, 0.25) is 0 Å². The Morgan fingerprint density at radius 2 is 1.90 bits per heavy atom. The molecule has 0 aromatic carbocycles. The van der Waals surface area contributed by atoms with Crippen molar-refractivity contribution in [3.8, 4) is 0 Å². The molecule has 2 atom stereocenters. The molecule has 0 aliphatic carbocycles. The lowest BCUT2D eigenvalue weighted by Crippen LogP contribution is -2.30. The van der Waals surface area contributed by atoms with Crippen molar-refractivity contribution in [2.45, 2.75) is 16.8 Å². The molecular formula is C6H9Cl3O. The van der Waals surface area contributed by atoms with Gasteiger partial charge in [0.05, 0.1) is 0 Å². The molecule has 0 radical (unpaired) electrons. The van der Waals surface area contributed by atoms with Gasteiger partial charge in [-0.1, -0.05) is 47.8 Å². The summed E-state index contributed by atoms with van der Waals surface area (Å²) in [4.78, 5) is 0. The van der Waals surface area contributed by atoms with Gasteiger partial charge in [-0.3, -0.25) is 0 Å². The molecule has 0 heterocycles. The standard InChI is InChI=1S/C6H9Cl3O/c1-3-4(2)5(10)6(7,8)9/h3-5,10H,1H2,2H3/t4-,5+/m0/s1. The summed E-state index contributed by atoms with van der Waals surface area (Å²) in [6.45, 7) is 5.18. The number of hydrogen-bond acceptors (Lipinski definition) is 1. The van der Waals surface area contributed by atoms with Crippen molar-refractivity contribution in [1.29, 1.82) is 0 Å². The van der Waals surface area contributed by atoms with Gasteiger partial charge in [0, 0.05) is 5.92 Å². The summed E-state index contributed by atoms with van der Waals surface area (Å²) in [5.41, 5.74) is 0. The fraction of sp³-hybridized carbons (Fsp3) is 0.667. The van der Waals surface area contributed by atoms with Crippen LogP contribution in [0.1, 0.15) is 6.92 Å². The lowest BCUT2D eigenvalue weighted by atomic mass is 10.1. The fourth-order valence-electron chi connectivity index (χ4n) is 0.427. The van der Waals surface area contributed by atoms with Crippen molar-refractivity contribution in [2.75, 3.05) is 0 Å². The Bertz CT molecular complexity index is 119. The number of aliphatic hydroxyl groups is 1. The topological polar surface area (TPSA) is 20.2 Å². The minimum absolute atomic E-state index is 0.215. The minimum atomic E-state index is -1.62. The van der Waals surface area contributed by atoms with E-state index >= 15 is 0 Å². The van der Waals surface area contributed by atoms with Crippen molar-refractivity contribution in [2.24, 2.45) is 5.92 Å². The van der Waals surface area contributed by atoms with Crippen LogP contribution in [0.15, 0.2) is 12.7 Å². The van der Waals surface area contributed by atoms with Crippen molar-refractivity contribution >= 4 is 34.8 Å². The molecule has 0 fully saturated rings. The van der Waals surface area contributed by atoms with E-state index in [1.165, 1.54) is 6.08 Å². The van der Waals surface area contributed by atoms with Crippen LogP contribution in [-0.4, -0.2) is 15.0 Å². The average molecular weight is 203 g/mol. The SMILES string of the molecule is C=C[C@H](C)[C@@H](O)C(Cl)(Cl)Cl. The highest BCUT2D eigenvalue weighted by Gasteiger charge is 2.33. The highest BCUT2D eigenvalue weighted by atomic mass is 35.6. The molecule has 0 saturated heterocycles. The smallest absolute Gasteiger partial charge is 0.216 e. The second-order valence-corrected chi connectivity index (χ2v) is 4.45. The quantitative estimate of drug-likeness (QED) is 0.540. The molecule has 0 aliphatic heterocycles.